The molecule has 3 heterocycles. The Morgan fingerprint density at radius 1 is 1.04 bits per heavy atom. The van der Waals surface area contributed by atoms with Gasteiger partial charge in [0.15, 0.2) is 11.5 Å². The minimum atomic E-state index is -0.0542. The molecule has 2 atom stereocenters. The van der Waals surface area contributed by atoms with Crippen molar-refractivity contribution in [3.63, 3.8) is 0 Å². The van der Waals surface area contributed by atoms with Crippen LogP contribution in [0.25, 0.3) is 0 Å². The standard InChI is InChI=1S/C22H24N4O2/c1-4-21-24-12-15(13-25-21)22-16-11-20(28-3)19(27-2)10-14(16)9-18(26-22)17-7-5-6-8-23-17/h5-8,10-13,18,22,26H,4,9H2,1-3H3/t18-,22-/m0/s1. The summed E-state index contributed by atoms with van der Waals surface area (Å²) in [7, 11) is 3.32. The first kappa shape index (κ1) is 18.4. The Hall–Kier alpha value is -2.99. The van der Waals surface area contributed by atoms with Crippen molar-refractivity contribution in [1.29, 1.82) is 0 Å². The lowest BCUT2D eigenvalue weighted by Crippen LogP contribution is -2.34. The molecule has 6 heteroatoms. The zero-order chi connectivity index (χ0) is 19.5. The van der Waals surface area contributed by atoms with Gasteiger partial charge in [-0.15, -0.1) is 0 Å². The number of nitrogens with zero attached hydrogens (tertiary/aromatic N) is 3. The number of benzene rings is 1. The quantitative estimate of drug-likeness (QED) is 0.736. The Bertz CT molecular complexity index is 945. The van der Waals surface area contributed by atoms with E-state index in [2.05, 4.69) is 39.3 Å². The maximum Gasteiger partial charge on any atom is 0.161 e. The Morgan fingerprint density at radius 3 is 2.43 bits per heavy atom. The van der Waals surface area contributed by atoms with Crippen LogP contribution in [0.3, 0.4) is 0 Å². The number of hydrogen-bond donors (Lipinski definition) is 1. The monoisotopic (exact) mass is 376 g/mol. The Morgan fingerprint density at radius 2 is 1.79 bits per heavy atom. The average Bonchev–Trinajstić information content (AvgIpc) is 2.78. The van der Waals surface area contributed by atoms with Crippen LogP contribution < -0.4 is 14.8 Å². The number of ether oxygens (including phenoxy) is 2. The van der Waals surface area contributed by atoms with Crippen LogP contribution in [0.2, 0.25) is 0 Å². The van der Waals surface area contributed by atoms with Crippen molar-refractivity contribution in [2.75, 3.05) is 14.2 Å². The minimum absolute atomic E-state index is 0.0542. The van der Waals surface area contributed by atoms with Gasteiger partial charge >= 0.3 is 0 Å². The summed E-state index contributed by atoms with van der Waals surface area (Å²) in [5.74, 6) is 2.29. The van der Waals surface area contributed by atoms with E-state index in [1.807, 2.05) is 36.8 Å². The van der Waals surface area contributed by atoms with Crippen molar-refractivity contribution in [3.05, 3.63) is 77.1 Å². The normalized spacial score (nSPS) is 18.4. The predicted molar refractivity (Wildman–Crippen MR) is 107 cm³/mol. The molecule has 0 aliphatic carbocycles. The molecule has 0 spiro atoms. The lowest BCUT2D eigenvalue weighted by Gasteiger charge is -2.33. The van der Waals surface area contributed by atoms with Gasteiger partial charge < -0.3 is 9.47 Å². The van der Waals surface area contributed by atoms with Gasteiger partial charge in [0.1, 0.15) is 5.82 Å². The maximum atomic E-state index is 5.54. The molecule has 0 saturated heterocycles. The molecule has 6 nitrogen and oxygen atoms in total. The number of aromatic nitrogens is 3. The third-order valence-electron chi connectivity index (χ3n) is 5.17. The van der Waals surface area contributed by atoms with E-state index in [0.29, 0.717) is 0 Å². The van der Waals surface area contributed by atoms with E-state index in [0.717, 1.165) is 47.0 Å². The third-order valence-corrected chi connectivity index (χ3v) is 5.17. The second-order valence-corrected chi connectivity index (χ2v) is 6.80. The van der Waals surface area contributed by atoms with Gasteiger partial charge in [-0.2, -0.15) is 0 Å². The molecule has 0 amide bonds. The molecule has 0 radical (unpaired) electrons. The molecule has 0 fully saturated rings. The zero-order valence-corrected chi connectivity index (χ0v) is 16.3. The van der Waals surface area contributed by atoms with Crippen LogP contribution in [-0.4, -0.2) is 29.2 Å². The van der Waals surface area contributed by atoms with E-state index < -0.39 is 0 Å². The summed E-state index contributed by atoms with van der Waals surface area (Å²) in [4.78, 5) is 13.6. The SMILES string of the molecule is CCc1ncc([C@@H]2N[C@H](c3ccccn3)Cc3cc(OC)c(OC)cc32)cn1. The molecule has 3 aromatic rings. The molecule has 1 aromatic carbocycles. The number of fused-ring (bicyclic) bond motifs is 1. The average molecular weight is 376 g/mol. The van der Waals surface area contributed by atoms with E-state index in [1.165, 1.54) is 5.56 Å². The van der Waals surface area contributed by atoms with Crippen LogP contribution >= 0.6 is 0 Å². The summed E-state index contributed by atoms with van der Waals surface area (Å²) < 4.78 is 11.1. The number of pyridine rings is 1. The van der Waals surface area contributed by atoms with Crippen LogP contribution in [0.4, 0.5) is 0 Å². The highest BCUT2D eigenvalue weighted by Gasteiger charge is 2.31. The van der Waals surface area contributed by atoms with Gasteiger partial charge in [0.2, 0.25) is 0 Å². The molecule has 0 bridgehead atoms. The Labute approximate surface area is 165 Å². The van der Waals surface area contributed by atoms with Gasteiger partial charge in [-0.3, -0.25) is 10.3 Å². The fourth-order valence-corrected chi connectivity index (χ4v) is 3.70. The molecule has 0 saturated carbocycles. The van der Waals surface area contributed by atoms with E-state index in [-0.39, 0.29) is 12.1 Å². The second kappa shape index (κ2) is 7.94. The molecule has 2 aromatic heterocycles. The van der Waals surface area contributed by atoms with E-state index in [1.54, 1.807) is 14.2 Å². The molecule has 28 heavy (non-hydrogen) atoms. The minimum Gasteiger partial charge on any atom is -0.493 e. The molecule has 1 aliphatic rings. The first-order valence-corrected chi connectivity index (χ1v) is 9.46. The van der Waals surface area contributed by atoms with Crippen LogP contribution in [-0.2, 0) is 12.8 Å². The summed E-state index contributed by atoms with van der Waals surface area (Å²) in [5.41, 5.74) is 4.39. The van der Waals surface area contributed by atoms with Crippen LogP contribution in [0.5, 0.6) is 11.5 Å². The predicted octanol–water partition coefficient (Wildman–Crippen LogP) is 3.43. The van der Waals surface area contributed by atoms with Gasteiger partial charge in [0, 0.05) is 30.6 Å². The molecular weight excluding hydrogens is 352 g/mol. The largest absolute Gasteiger partial charge is 0.493 e. The number of hydrogen-bond acceptors (Lipinski definition) is 6. The van der Waals surface area contributed by atoms with Gasteiger partial charge in [-0.25, -0.2) is 9.97 Å². The number of aryl methyl sites for hydroxylation is 1. The van der Waals surface area contributed by atoms with Crippen molar-refractivity contribution in [2.24, 2.45) is 0 Å². The first-order valence-electron chi connectivity index (χ1n) is 9.46. The van der Waals surface area contributed by atoms with Crippen LogP contribution in [0.1, 0.15) is 47.2 Å². The first-order chi connectivity index (χ1) is 13.7. The molecule has 1 N–H and O–H groups in total. The topological polar surface area (TPSA) is 69.2 Å². The number of nitrogens with one attached hydrogen (secondary N) is 1. The number of methoxy groups -OCH3 is 2. The highest BCUT2D eigenvalue weighted by atomic mass is 16.5. The molecule has 4 rings (SSSR count). The van der Waals surface area contributed by atoms with Crippen molar-refractivity contribution in [1.82, 2.24) is 20.3 Å². The maximum absolute atomic E-state index is 5.54. The third kappa shape index (κ3) is 3.43. The molecule has 0 unspecified atom stereocenters. The summed E-state index contributed by atoms with van der Waals surface area (Å²) in [6, 6.07) is 10.2. The summed E-state index contributed by atoms with van der Waals surface area (Å²) in [5, 5.41) is 3.73. The summed E-state index contributed by atoms with van der Waals surface area (Å²) in [6.07, 6.45) is 7.28. The van der Waals surface area contributed by atoms with Crippen molar-refractivity contribution >= 4 is 0 Å². The lowest BCUT2D eigenvalue weighted by atomic mass is 9.86. The van der Waals surface area contributed by atoms with E-state index in [9.17, 15) is 0 Å². The van der Waals surface area contributed by atoms with Gasteiger partial charge in [0.05, 0.1) is 32.0 Å². The zero-order valence-electron chi connectivity index (χ0n) is 16.3. The summed E-state index contributed by atoms with van der Waals surface area (Å²) >= 11 is 0. The Balaban J connectivity index is 1.81. The van der Waals surface area contributed by atoms with E-state index >= 15 is 0 Å². The number of rotatable bonds is 5. The molecular formula is C22H24N4O2. The Kier molecular flexibility index (Phi) is 5.21. The fourth-order valence-electron chi connectivity index (χ4n) is 3.70. The second-order valence-electron chi connectivity index (χ2n) is 6.80. The van der Waals surface area contributed by atoms with E-state index in [4.69, 9.17) is 9.47 Å². The molecule has 144 valence electrons. The summed E-state index contributed by atoms with van der Waals surface area (Å²) in [6.45, 7) is 2.05. The van der Waals surface area contributed by atoms with Crippen molar-refractivity contribution in [3.8, 4) is 11.5 Å². The molecule has 1 aliphatic heterocycles. The van der Waals surface area contributed by atoms with Gasteiger partial charge in [-0.05, 0) is 41.8 Å². The van der Waals surface area contributed by atoms with Crippen molar-refractivity contribution in [2.45, 2.75) is 31.8 Å². The fraction of sp³-hybridized carbons (Fsp3) is 0.318. The lowest BCUT2D eigenvalue weighted by molar-refractivity contribution is 0.350. The van der Waals surface area contributed by atoms with Gasteiger partial charge in [0.25, 0.3) is 0 Å². The highest BCUT2D eigenvalue weighted by Crippen LogP contribution is 2.40. The van der Waals surface area contributed by atoms with Gasteiger partial charge in [-0.1, -0.05) is 13.0 Å². The van der Waals surface area contributed by atoms with Crippen LogP contribution in [0.15, 0.2) is 48.9 Å². The van der Waals surface area contributed by atoms with Crippen molar-refractivity contribution < 1.29 is 9.47 Å². The van der Waals surface area contributed by atoms with Crippen LogP contribution in [0, 0.1) is 0 Å². The highest BCUT2D eigenvalue weighted by molar-refractivity contribution is 5.52. The smallest absolute Gasteiger partial charge is 0.161 e.